The summed E-state index contributed by atoms with van der Waals surface area (Å²) in [5.41, 5.74) is 11.2. The fraction of sp³-hybridized carbons (Fsp3) is 0.0417. The van der Waals surface area contributed by atoms with E-state index < -0.39 is 0 Å². The number of thiophene rings is 1. The van der Waals surface area contributed by atoms with Gasteiger partial charge in [-0.2, -0.15) is 0 Å². The van der Waals surface area contributed by atoms with Crippen molar-refractivity contribution in [2.45, 2.75) is 12.3 Å². The Bertz CT molecular complexity index is 3000. The number of para-hydroxylation sites is 2. The van der Waals surface area contributed by atoms with Gasteiger partial charge in [-0.05, 0) is 83.8 Å². The number of fused-ring (bicyclic) bond motifs is 9. The van der Waals surface area contributed by atoms with Crippen LogP contribution in [0.4, 0.5) is 11.4 Å². The number of hydrogen-bond acceptors (Lipinski definition) is 2. The Morgan fingerprint density at radius 1 is 0.510 bits per heavy atom. The van der Waals surface area contributed by atoms with Crippen LogP contribution in [0.25, 0.3) is 69.4 Å². The fourth-order valence-corrected chi connectivity index (χ4v) is 9.52. The molecule has 7 aromatic carbocycles. The number of aromatic nitrogens is 1. The Kier molecular flexibility index (Phi) is 6.28. The molecule has 0 spiro atoms. The molecule has 0 saturated carbocycles. The second-order valence-electron chi connectivity index (χ2n) is 13.7. The van der Waals surface area contributed by atoms with E-state index in [1.165, 1.54) is 86.3 Å². The molecular weight excluding hydrogens is 637 g/mol. The van der Waals surface area contributed by atoms with Crippen LogP contribution in [-0.2, 0) is 0 Å². The van der Waals surface area contributed by atoms with Crippen LogP contribution in [0.1, 0.15) is 17.9 Å². The number of benzene rings is 7. The lowest BCUT2D eigenvalue weighted by atomic mass is 9.90. The predicted molar refractivity (Wildman–Crippen MR) is 219 cm³/mol. The molecule has 3 heteroatoms. The Morgan fingerprint density at radius 3 is 2.04 bits per heavy atom. The first-order chi connectivity index (χ1) is 25.3. The normalized spacial score (nSPS) is 14.8. The minimum atomic E-state index is 0.306. The van der Waals surface area contributed by atoms with Gasteiger partial charge >= 0.3 is 0 Å². The third-order valence-corrected chi connectivity index (χ3v) is 12.0. The molecule has 0 radical (unpaired) electrons. The Morgan fingerprint density at radius 2 is 1.20 bits per heavy atom. The van der Waals surface area contributed by atoms with Crippen molar-refractivity contribution in [1.29, 1.82) is 0 Å². The number of nitrogens with zero attached hydrogens (tertiary/aromatic N) is 2. The zero-order valence-corrected chi connectivity index (χ0v) is 28.6. The minimum Gasteiger partial charge on any atom is -0.311 e. The average molecular weight is 669 g/mol. The lowest BCUT2D eigenvalue weighted by Crippen LogP contribution is -2.17. The first kappa shape index (κ1) is 28.7. The summed E-state index contributed by atoms with van der Waals surface area (Å²) in [5.74, 6) is 0.306. The van der Waals surface area contributed by atoms with Gasteiger partial charge in [-0.1, -0.05) is 115 Å². The van der Waals surface area contributed by atoms with Gasteiger partial charge in [0.1, 0.15) is 0 Å². The van der Waals surface area contributed by atoms with Gasteiger partial charge in [0, 0.05) is 64.7 Å². The van der Waals surface area contributed by atoms with Crippen molar-refractivity contribution in [3.63, 3.8) is 0 Å². The third-order valence-electron chi connectivity index (χ3n) is 10.9. The van der Waals surface area contributed by atoms with Gasteiger partial charge in [0.05, 0.1) is 16.6 Å². The van der Waals surface area contributed by atoms with Crippen molar-refractivity contribution in [1.82, 2.24) is 4.40 Å². The van der Waals surface area contributed by atoms with Gasteiger partial charge in [0.2, 0.25) is 0 Å². The topological polar surface area (TPSA) is 7.65 Å². The molecule has 1 unspecified atom stereocenters. The summed E-state index contributed by atoms with van der Waals surface area (Å²) in [6.45, 7) is 0. The van der Waals surface area contributed by atoms with Crippen molar-refractivity contribution in [3.05, 3.63) is 187 Å². The molecule has 0 saturated heterocycles. The molecule has 0 amide bonds. The van der Waals surface area contributed by atoms with Crippen LogP contribution in [0, 0.1) is 0 Å². The van der Waals surface area contributed by atoms with Gasteiger partial charge in [-0.25, -0.2) is 0 Å². The van der Waals surface area contributed by atoms with Crippen molar-refractivity contribution in [2.75, 3.05) is 4.90 Å². The molecule has 0 N–H and O–H groups in total. The van der Waals surface area contributed by atoms with Crippen LogP contribution in [0.3, 0.4) is 0 Å². The zero-order valence-electron chi connectivity index (χ0n) is 27.8. The molecule has 3 aromatic heterocycles. The lowest BCUT2D eigenvalue weighted by molar-refractivity contribution is 0.841. The molecule has 1 atom stereocenters. The maximum Gasteiger partial charge on any atom is 0.0620 e. The molecule has 1 aliphatic carbocycles. The van der Waals surface area contributed by atoms with E-state index in [4.69, 9.17) is 0 Å². The molecule has 1 aliphatic rings. The summed E-state index contributed by atoms with van der Waals surface area (Å²) in [4.78, 5) is 2.43. The largest absolute Gasteiger partial charge is 0.311 e. The van der Waals surface area contributed by atoms with Crippen LogP contribution < -0.4 is 4.90 Å². The predicted octanol–water partition coefficient (Wildman–Crippen LogP) is 13.6. The van der Waals surface area contributed by atoms with Gasteiger partial charge in [0.25, 0.3) is 0 Å². The highest BCUT2D eigenvalue weighted by atomic mass is 32.1. The second-order valence-corrected chi connectivity index (χ2v) is 14.8. The summed E-state index contributed by atoms with van der Waals surface area (Å²) in [5, 5.41) is 7.94. The summed E-state index contributed by atoms with van der Waals surface area (Å²) >= 11 is 1.87. The van der Waals surface area contributed by atoms with Crippen LogP contribution in [0.5, 0.6) is 0 Å². The van der Waals surface area contributed by atoms with Crippen molar-refractivity contribution < 1.29 is 0 Å². The van der Waals surface area contributed by atoms with E-state index in [0.717, 1.165) is 12.1 Å². The lowest BCUT2D eigenvalue weighted by Gasteiger charge is -2.29. The molecule has 0 fully saturated rings. The smallest absolute Gasteiger partial charge is 0.0620 e. The summed E-state index contributed by atoms with van der Waals surface area (Å²) in [7, 11) is 0. The van der Waals surface area contributed by atoms with E-state index in [9.17, 15) is 0 Å². The second kappa shape index (κ2) is 11.2. The monoisotopic (exact) mass is 668 g/mol. The first-order valence-corrected chi connectivity index (χ1v) is 18.5. The van der Waals surface area contributed by atoms with Crippen molar-refractivity contribution >= 4 is 81.0 Å². The zero-order chi connectivity index (χ0) is 33.5. The van der Waals surface area contributed by atoms with Crippen molar-refractivity contribution in [3.8, 4) is 11.1 Å². The number of hydrogen-bond donors (Lipinski definition) is 0. The number of anilines is 2. The van der Waals surface area contributed by atoms with Crippen molar-refractivity contribution in [2.24, 2.45) is 0 Å². The summed E-state index contributed by atoms with van der Waals surface area (Å²) in [6.07, 6.45) is 8.11. The quantitative estimate of drug-likeness (QED) is 0.177. The molecule has 51 heavy (non-hydrogen) atoms. The fourth-order valence-electron chi connectivity index (χ4n) is 8.44. The molecular formula is C48H32N2S. The molecule has 0 bridgehead atoms. The highest BCUT2D eigenvalue weighted by Gasteiger charge is 2.22. The van der Waals surface area contributed by atoms with E-state index in [2.05, 4.69) is 185 Å². The van der Waals surface area contributed by atoms with E-state index in [1.54, 1.807) is 0 Å². The van der Waals surface area contributed by atoms with Gasteiger partial charge in [-0.15, -0.1) is 11.3 Å². The van der Waals surface area contributed by atoms with Crippen LogP contribution in [-0.4, -0.2) is 4.40 Å². The Balaban J connectivity index is 0.987. The first-order valence-electron chi connectivity index (χ1n) is 17.7. The molecule has 11 rings (SSSR count). The number of allylic oxidation sites excluding steroid dienone is 3. The Labute approximate surface area is 299 Å². The Hall–Kier alpha value is -6.16. The molecule has 0 aliphatic heterocycles. The SMILES string of the molecule is C1=CC(c2ccc3c(c2)c2cccc4c5ccccc5n3c42)CC=C1N(c1ccc(-c2ccccc2)cc1)c1ccc2sc3ccccc3c2c1. The van der Waals surface area contributed by atoms with E-state index in [-0.39, 0.29) is 0 Å². The van der Waals surface area contributed by atoms with Crippen LogP contribution in [0.15, 0.2) is 182 Å². The summed E-state index contributed by atoms with van der Waals surface area (Å²) in [6, 6.07) is 58.0. The van der Waals surface area contributed by atoms with Crippen LogP contribution >= 0.6 is 11.3 Å². The maximum absolute atomic E-state index is 2.46. The van der Waals surface area contributed by atoms with E-state index in [0.29, 0.717) is 5.92 Å². The summed E-state index contributed by atoms with van der Waals surface area (Å²) < 4.78 is 5.11. The van der Waals surface area contributed by atoms with E-state index in [1.807, 2.05) is 11.3 Å². The third kappa shape index (κ3) is 4.42. The molecule has 240 valence electrons. The molecule has 2 nitrogen and oxygen atoms in total. The van der Waals surface area contributed by atoms with Gasteiger partial charge < -0.3 is 9.30 Å². The van der Waals surface area contributed by atoms with Gasteiger partial charge in [-0.3, -0.25) is 0 Å². The highest BCUT2D eigenvalue weighted by molar-refractivity contribution is 7.25. The van der Waals surface area contributed by atoms with Gasteiger partial charge in [0.15, 0.2) is 0 Å². The average Bonchev–Trinajstić information content (AvgIpc) is 3.86. The standard InChI is InChI=1S/C48H32N2S/c1-2-9-31(10-3-1)32-17-22-35(23-18-32)49(37-26-28-47-43(30-37)39-12-5-7-16-46(39)51-47)36-24-19-33(20-25-36)34-21-27-45-42(29-34)41-14-8-13-40-38-11-4-6-15-44(38)50(45)48(40)41/h1-19,21-30,33H,20H2. The van der Waals surface area contributed by atoms with E-state index >= 15 is 0 Å². The highest BCUT2D eigenvalue weighted by Crippen LogP contribution is 2.43. The molecule has 10 aromatic rings. The minimum absolute atomic E-state index is 0.306. The van der Waals surface area contributed by atoms with Crippen LogP contribution in [0.2, 0.25) is 0 Å². The molecule has 3 heterocycles. The maximum atomic E-state index is 2.46. The number of rotatable bonds is 5.